The molecule has 0 aromatic heterocycles. The highest BCUT2D eigenvalue weighted by Crippen LogP contribution is 2.32. The van der Waals surface area contributed by atoms with Gasteiger partial charge in [0.1, 0.15) is 0 Å². The number of benzene rings is 1. The van der Waals surface area contributed by atoms with Crippen molar-refractivity contribution in [1.29, 1.82) is 0 Å². The van der Waals surface area contributed by atoms with Crippen molar-refractivity contribution in [2.24, 2.45) is 0 Å². The summed E-state index contributed by atoms with van der Waals surface area (Å²) in [6, 6.07) is 6.28. The molecule has 0 aliphatic carbocycles. The molecule has 4 heteroatoms. The number of amides is 1. The molecule has 2 unspecified atom stereocenters. The van der Waals surface area contributed by atoms with Gasteiger partial charge < -0.3 is 15.3 Å². The van der Waals surface area contributed by atoms with Crippen LogP contribution in [0.2, 0.25) is 0 Å². The van der Waals surface area contributed by atoms with Crippen molar-refractivity contribution >= 4 is 11.6 Å². The van der Waals surface area contributed by atoms with E-state index in [0.29, 0.717) is 6.42 Å². The number of carbonyl (C=O) groups excluding carboxylic acids is 1. The number of hydrogen-bond donors (Lipinski definition) is 2. The van der Waals surface area contributed by atoms with E-state index in [4.69, 9.17) is 0 Å². The molecule has 2 aliphatic heterocycles. The fourth-order valence-corrected chi connectivity index (χ4v) is 3.62. The van der Waals surface area contributed by atoms with Crippen LogP contribution < -0.4 is 10.2 Å². The smallest absolute Gasteiger partial charge is 0.226 e. The molecule has 1 aromatic rings. The SMILES string of the molecule is CCCC(=O)N1CCCc2cc(C(O)C3CCCN3)ccc21. The highest BCUT2D eigenvalue weighted by Gasteiger charge is 2.26. The van der Waals surface area contributed by atoms with Crippen molar-refractivity contribution in [1.82, 2.24) is 5.32 Å². The van der Waals surface area contributed by atoms with Crippen LogP contribution in [0, 0.1) is 0 Å². The normalized spacial score (nSPS) is 22.5. The molecule has 0 spiro atoms. The lowest BCUT2D eigenvalue weighted by molar-refractivity contribution is -0.118. The summed E-state index contributed by atoms with van der Waals surface area (Å²) in [5.41, 5.74) is 3.22. The van der Waals surface area contributed by atoms with Crippen LogP contribution in [-0.2, 0) is 11.2 Å². The number of nitrogens with one attached hydrogen (secondary N) is 1. The molecule has 1 saturated heterocycles. The zero-order valence-electron chi connectivity index (χ0n) is 13.3. The molecule has 2 aliphatic rings. The maximum Gasteiger partial charge on any atom is 0.226 e. The third-order valence-electron chi connectivity index (χ3n) is 4.81. The quantitative estimate of drug-likeness (QED) is 0.899. The van der Waals surface area contributed by atoms with Gasteiger partial charge in [-0.3, -0.25) is 4.79 Å². The third kappa shape index (κ3) is 3.03. The standard InChI is InChI=1S/C18H26N2O2/c1-2-5-17(21)20-11-4-6-13-12-14(8-9-16(13)20)18(22)15-7-3-10-19-15/h8-9,12,15,18-19,22H,2-7,10-11H2,1H3. The van der Waals surface area contributed by atoms with E-state index in [-0.39, 0.29) is 11.9 Å². The summed E-state index contributed by atoms with van der Waals surface area (Å²) in [4.78, 5) is 14.2. The Kier molecular flexibility index (Phi) is 4.79. The summed E-state index contributed by atoms with van der Waals surface area (Å²) in [6.07, 6.45) is 5.19. The topological polar surface area (TPSA) is 52.6 Å². The van der Waals surface area contributed by atoms with E-state index >= 15 is 0 Å². The molecule has 2 heterocycles. The van der Waals surface area contributed by atoms with Crippen LogP contribution >= 0.6 is 0 Å². The van der Waals surface area contributed by atoms with Crippen LogP contribution in [0.15, 0.2) is 18.2 Å². The zero-order valence-corrected chi connectivity index (χ0v) is 13.3. The van der Waals surface area contributed by atoms with E-state index in [1.807, 2.05) is 24.0 Å². The van der Waals surface area contributed by atoms with Gasteiger partial charge in [0.2, 0.25) is 5.91 Å². The van der Waals surface area contributed by atoms with Crippen molar-refractivity contribution in [2.45, 2.75) is 57.6 Å². The molecule has 120 valence electrons. The Morgan fingerprint density at radius 2 is 2.32 bits per heavy atom. The van der Waals surface area contributed by atoms with Crippen LogP contribution in [0.25, 0.3) is 0 Å². The molecule has 1 aromatic carbocycles. The van der Waals surface area contributed by atoms with Gasteiger partial charge in [0.05, 0.1) is 6.10 Å². The summed E-state index contributed by atoms with van der Waals surface area (Å²) in [6.45, 7) is 3.85. The fourth-order valence-electron chi connectivity index (χ4n) is 3.62. The number of rotatable bonds is 4. The summed E-state index contributed by atoms with van der Waals surface area (Å²) in [5.74, 6) is 0.217. The highest BCUT2D eigenvalue weighted by molar-refractivity contribution is 5.94. The second kappa shape index (κ2) is 6.80. The highest BCUT2D eigenvalue weighted by atomic mass is 16.3. The summed E-state index contributed by atoms with van der Waals surface area (Å²) >= 11 is 0. The second-order valence-electron chi connectivity index (χ2n) is 6.43. The Bertz CT molecular complexity index is 538. The van der Waals surface area contributed by atoms with Gasteiger partial charge in [-0.1, -0.05) is 19.1 Å². The monoisotopic (exact) mass is 302 g/mol. The van der Waals surface area contributed by atoms with Gasteiger partial charge in [0.15, 0.2) is 0 Å². The number of aryl methyl sites for hydroxylation is 1. The maximum absolute atomic E-state index is 12.3. The summed E-state index contributed by atoms with van der Waals surface area (Å²) in [5, 5.41) is 13.9. The Morgan fingerprint density at radius 3 is 3.05 bits per heavy atom. The number of anilines is 1. The van der Waals surface area contributed by atoms with Crippen molar-refractivity contribution in [3.63, 3.8) is 0 Å². The van der Waals surface area contributed by atoms with Gasteiger partial charge in [0, 0.05) is 24.7 Å². The minimum absolute atomic E-state index is 0.166. The van der Waals surface area contributed by atoms with Crippen LogP contribution in [0.1, 0.15) is 56.3 Å². The average molecular weight is 302 g/mol. The number of aliphatic hydroxyl groups excluding tert-OH is 1. The van der Waals surface area contributed by atoms with Crippen molar-refractivity contribution in [3.8, 4) is 0 Å². The molecule has 0 bridgehead atoms. The average Bonchev–Trinajstić information content (AvgIpc) is 3.07. The second-order valence-corrected chi connectivity index (χ2v) is 6.43. The molecule has 1 fully saturated rings. The molecule has 1 amide bonds. The minimum Gasteiger partial charge on any atom is -0.387 e. The minimum atomic E-state index is -0.450. The van der Waals surface area contributed by atoms with Crippen molar-refractivity contribution in [2.75, 3.05) is 18.0 Å². The van der Waals surface area contributed by atoms with E-state index < -0.39 is 6.10 Å². The van der Waals surface area contributed by atoms with Gasteiger partial charge in [-0.2, -0.15) is 0 Å². The molecule has 0 radical (unpaired) electrons. The first-order valence-corrected chi connectivity index (χ1v) is 8.55. The largest absolute Gasteiger partial charge is 0.387 e. The van der Waals surface area contributed by atoms with Crippen LogP contribution in [0.5, 0.6) is 0 Å². The zero-order chi connectivity index (χ0) is 15.5. The van der Waals surface area contributed by atoms with Crippen LogP contribution in [0.3, 0.4) is 0 Å². The molecule has 22 heavy (non-hydrogen) atoms. The molecule has 2 N–H and O–H groups in total. The molecular formula is C18H26N2O2. The van der Waals surface area contributed by atoms with E-state index in [1.54, 1.807) is 0 Å². The number of carbonyl (C=O) groups is 1. The number of nitrogens with zero attached hydrogens (tertiary/aromatic N) is 1. The van der Waals surface area contributed by atoms with Gasteiger partial charge >= 0.3 is 0 Å². The number of aliphatic hydroxyl groups is 1. The van der Waals surface area contributed by atoms with Crippen LogP contribution in [0.4, 0.5) is 5.69 Å². The fraction of sp³-hybridized carbons (Fsp3) is 0.611. The lowest BCUT2D eigenvalue weighted by atomic mass is 9.94. The first-order chi connectivity index (χ1) is 10.7. The Morgan fingerprint density at radius 1 is 1.45 bits per heavy atom. The van der Waals surface area contributed by atoms with Crippen molar-refractivity contribution < 1.29 is 9.90 Å². The van der Waals surface area contributed by atoms with Gasteiger partial charge in [-0.15, -0.1) is 0 Å². The Hall–Kier alpha value is -1.39. The van der Waals surface area contributed by atoms with Gasteiger partial charge in [-0.25, -0.2) is 0 Å². The number of fused-ring (bicyclic) bond motifs is 1. The Labute approximate surface area is 132 Å². The van der Waals surface area contributed by atoms with Gasteiger partial charge in [-0.05, 0) is 55.8 Å². The molecular weight excluding hydrogens is 276 g/mol. The van der Waals surface area contributed by atoms with E-state index in [9.17, 15) is 9.90 Å². The third-order valence-corrected chi connectivity index (χ3v) is 4.81. The summed E-state index contributed by atoms with van der Waals surface area (Å²) in [7, 11) is 0. The predicted octanol–water partition coefficient (Wildman–Crippen LogP) is 2.55. The number of hydrogen-bond acceptors (Lipinski definition) is 3. The first kappa shape index (κ1) is 15.5. The van der Waals surface area contributed by atoms with E-state index in [2.05, 4.69) is 11.4 Å². The Balaban J connectivity index is 1.82. The maximum atomic E-state index is 12.3. The summed E-state index contributed by atoms with van der Waals surface area (Å²) < 4.78 is 0. The van der Waals surface area contributed by atoms with E-state index in [0.717, 1.165) is 56.4 Å². The predicted molar refractivity (Wildman–Crippen MR) is 88.0 cm³/mol. The molecule has 4 nitrogen and oxygen atoms in total. The van der Waals surface area contributed by atoms with Gasteiger partial charge in [0.25, 0.3) is 0 Å². The lowest BCUT2D eigenvalue weighted by Gasteiger charge is -2.30. The molecule has 0 saturated carbocycles. The van der Waals surface area contributed by atoms with E-state index in [1.165, 1.54) is 5.56 Å². The van der Waals surface area contributed by atoms with Crippen molar-refractivity contribution in [3.05, 3.63) is 29.3 Å². The molecule has 2 atom stereocenters. The lowest BCUT2D eigenvalue weighted by Crippen LogP contribution is -2.35. The molecule has 3 rings (SSSR count). The first-order valence-electron chi connectivity index (χ1n) is 8.55. The van der Waals surface area contributed by atoms with Crippen LogP contribution in [-0.4, -0.2) is 30.1 Å².